The summed E-state index contributed by atoms with van der Waals surface area (Å²) in [6.45, 7) is 7.02. The molecule has 0 saturated heterocycles. The van der Waals surface area contributed by atoms with Gasteiger partial charge in [-0.3, -0.25) is 0 Å². The first kappa shape index (κ1) is 14.1. The molecule has 1 fully saturated rings. The maximum absolute atomic E-state index is 10.2. The van der Waals surface area contributed by atoms with Gasteiger partial charge in [0.25, 0.3) is 0 Å². The Balaban J connectivity index is 1.89. The molecule has 2 rings (SSSR count). The Hall–Kier alpha value is -0.340. The number of aryl methyl sites for hydroxylation is 1. The molecule has 3 atom stereocenters. The number of rotatable bonds is 3. The van der Waals surface area contributed by atoms with Crippen molar-refractivity contribution in [3.8, 4) is 0 Å². The summed E-state index contributed by atoms with van der Waals surface area (Å²) in [4.78, 5) is 0. The second-order valence-corrected chi connectivity index (χ2v) is 7.65. The summed E-state index contributed by atoms with van der Waals surface area (Å²) < 4.78 is 0. The van der Waals surface area contributed by atoms with Crippen LogP contribution in [0.4, 0.5) is 0 Å². The van der Waals surface area contributed by atoms with Crippen LogP contribution in [0.1, 0.15) is 52.0 Å². The molecule has 1 saturated carbocycles. The van der Waals surface area contributed by atoms with Crippen LogP contribution in [0.2, 0.25) is 0 Å². The highest BCUT2D eigenvalue weighted by atomic mass is 32.1. The highest BCUT2D eigenvalue weighted by molar-refractivity contribution is 7.07. The van der Waals surface area contributed by atoms with Gasteiger partial charge in [0.2, 0.25) is 0 Å². The van der Waals surface area contributed by atoms with E-state index in [-0.39, 0.29) is 6.10 Å². The molecular formula is C16H26OS. The van der Waals surface area contributed by atoms with Crippen LogP contribution in [-0.4, -0.2) is 11.2 Å². The van der Waals surface area contributed by atoms with Crippen LogP contribution in [0.3, 0.4) is 0 Å². The van der Waals surface area contributed by atoms with Gasteiger partial charge in [-0.05, 0) is 71.7 Å². The van der Waals surface area contributed by atoms with Crippen molar-refractivity contribution in [2.75, 3.05) is 0 Å². The number of thiophene rings is 1. The Morgan fingerprint density at radius 3 is 2.72 bits per heavy atom. The summed E-state index contributed by atoms with van der Waals surface area (Å²) in [5.41, 5.74) is 1.82. The van der Waals surface area contributed by atoms with Crippen LogP contribution in [0.25, 0.3) is 0 Å². The van der Waals surface area contributed by atoms with Crippen molar-refractivity contribution < 1.29 is 5.11 Å². The second kappa shape index (κ2) is 5.75. The van der Waals surface area contributed by atoms with Crippen molar-refractivity contribution in [3.63, 3.8) is 0 Å². The van der Waals surface area contributed by atoms with Crippen LogP contribution in [-0.2, 0) is 6.42 Å². The minimum absolute atomic E-state index is 0.0674. The standard InChI is InChI=1S/C16H26OS/c1-16(2,3)14-6-7-15(17)13(10-14)5-4-12-8-9-18-11-12/h8-9,11,13-15,17H,4-7,10H2,1-3H3. The van der Waals surface area contributed by atoms with Gasteiger partial charge < -0.3 is 5.11 Å². The van der Waals surface area contributed by atoms with Crippen LogP contribution < -0.4 is 0 Å². The molecule has 3 unspecified atom stereocenters. The number of aliphatic hydroxyl groups is 1. The lowest BCUT2D eigenvalue weighted by atomic mass is 9.67. The van der Waals surface area contributed by atoms with Crippen LogP contribution in [0.5, 0.6) is 0 Å². The molecule has 0 aromatic carbocycles. The van der Waals surface area contributed by atoms with E-state index in [2.05, 4.69) is 37.6 Å². The lowest BCUT2D eigenvalue weighted by molar-refractivity contribution is 0.0160. The summed E-state index contributed by atoms with van der Waals surface area (Å²) in [7, 11) is 0. The zero-order valence-corrected chi connectivity index (χ0v) is 12.7. The average molecular weight is 266 g/mol. The predicted octanol–water partition coefficient (Wildman–Crippen LogP) is 4.50. The Bertz CT molecular complexity index is 350. The van der Waals surface area contributed by atoms with E-state index >= 15 is 0 Å². The van der Waals surface area contributed by atoms with Gasteiger partial charge in [0, 0.05) is 0 Å². The monoisotopic (exact) mass is 266 g/mol. The van der Waals surface area contributed by atoms with Gasteiger partial charge in [0.05, 0.1) is 6.10 Å². The van der Waals surface area contributed by atoms with Crippen LogP contribution in [0, 0.1) is 17.3 Å². The van der Waals surface area contributed by atoms with Crippen LogP contribution >= 0.6 is 11.3 Å². The SMILES string of the molecule is CC(C)(C)C1CCC(O)C(CCc2ccsc2)C1. The van der Waals surface area contributed by atoms with E-state index < -0.39 is 0 Å². The van der Waals surface area contributed by atoms with Crippen molar-refractivity contribution >= 4 is 11.3 Å². The molecule has 0 aliphatic heterocycles. The molecule has 102 valence electrons. The predicted molar refractivity (Wildman–Crippen MR) is 78.9 cm³/mol. The second-order valence-electron chi connectivity index (χ2n) is 6.87. The molecule has 1 aliphatic rings. The van der Waals surface area contributed by atoms with E-state index in [4.69, 9.17) is 0 Å². The third-order valence-corrected chi connectivity index (χ3v) is 5.28. The molecule has 1 N–H and O–H groups in total. The molecule has 1 aliphatic carbocycles. The fraction of sp³-hybridized carbons (Fsp3) is 0.750. The average Bonchev–Trinajstić information content (AvgIpc) is 2.79. The Kier molecular flexibility index (Phi) is 4.50. The zero-order valence-electron chi connectivity index (χ0n) is 11.9. The molecule has 1 aromatic rings. The molecular weight excluding hydrogens is 240 g/mol. The normalized spacial score (nSPS) is 29.4. The first-order chi connectivity index (χ1) is 8.47. The van der Waals surface area contributed by atoms with E-state index in [1.807, 2.05) is 0 Å². The first-order valence-electron chi connectivity index (χ1n) is 7.16. The molecule has 1 aromatic heterocycles. The van der Waals surface area contributed by atoms with Gasteiger partial charge in [-0.2, -0.15) is 11.3 Å². The van der Waals surface area contributed by atoms with Gasteiger partial charge in [-0.25, -0.2) is 0 Å². The maximum atomic E-state index is 10.2. The molecule has 0 radical (unpaired) electrons. The number of hydrogen-bond acceptors (Lipinski definition) is 2. The van der Waals surface area contributed by atoms with Crippen molar-refractivity contribution in [1.82, 2.24) is 0 Å². The summed E-state index contributed by atoms with van der Waals surface area (Å²) in [5, 5.41) is 14.6. The molecule has 0 amide bonds. The van der Waals surface area contributed by atoms with Gasteiger partial charge in [-0.15, -0.1) is 0 Å². The van der Waals surface area contributed by atoms with E-state index in [0.717, 1.165) is 25.2 Å². The van der Waals surface area contributed by atoms with Crippen LogP contribution in [0.15, 0.2) is 16.8 Å². The van der Waals surface area contributed by atoms with Crippen molar-refractivity contribution in [3.05, 3.63) is 22.4 Å². The molecule has 1 heterocycles. The fourth-order valence-electron chi connectivity index (χ4n) is 3.13. The van der Waals surface area contributed by atoms with Crippen molar-refractivity contribution in [2.45, 2.75) is 59.0 Å². The minimum atomic E-state index is -0.0674. The fourth-order valence-corrected chi connectivity index (χ4v) is 3.83. The maximum Gasteiger partial charge on any atom is 0.0568 e. The summed E-state index contributed by atoms with van der Waals surface area (Å²) >= 11 is 1.77. The molecule has 0 bridgehead atoms. The lowest BCUT2D eigenvalue weighted by Gasteiger charge is -2.40. The van der Waals surface area contributed by atoms with Gasteiger partial charge in [-0.1, -0.05) is 20.8 Å². The highest BCUT2D eigenvalue weighted by Crippen LogP contribution is 2.41. The topological polar surface area (TPSA) is 20.2 Å². The summed E-state index contributed by atoms with van der Waals surface area (Å²) in [6, 6.07) is 2.21. The van der Waals surface area contributed by atoms with Gasteiger partial charge in [0.15, 0.2) is 0 Å². The summed E-state index contributed by atoms with van der Waals surface area (Å²) in [6.07, 6.45) is 5.60. The van der Waals surface area contributed by atoms with Crippen molar-refractivity contribution in [1.29, 1.82) is 0 Å². The smallest absolute Gasteiger partial charge is 0.0568 e. The molecule has 2 heteroatoms. The Labute approximate surface area is 115 Å². The Morgan fingerprint density at radius 1 is 1.33 bits per heavy atom. The van der Waals surface area contributed by atoms with Gasteiger partial charge >= 0.3 is 0 Å². The van der Waals surface area contributed by atoms with Crippen molar-refractivity contribution in [2.24, 2.45) is 17.3 Å². The van der Waals surface area contributed by atoms with E-state index in [9.17, 15) is 5.11 Å². The van der Waals surface area contributed by atoms with E-state index in [1.165, 1.54) is 18.4 Å². The van der Waals surface area contributed by atoms with E-state index in [0.29, 0.717) is 11.3 Å². The molecule has 18 heavy (non-hydrogen) atoms. The summed E-state index contributed by atoms with van der Waals surface area (Å²) in [5.74, 6) is 1.27. The zero-order chi connectivity index (χ0) is 13.2. The highest BCUT2D eigenvalue weighted by Gasteiger charge is 2.34. The third-order valence-electron chi connectivity index (χ3n) is 4.55. The molecule has 0 spiro atoms. The minimum Gasteiger partial charge on any atom is -0.393 e. The van der Waals surface area contributed by atoms with E-state index in [1.54, 1.807) is 11.3 Å². The number of hydrogen-bond donors (Lipinski definition) is 1. The molecule has 1 nitrogen and oxygen atoms in total. The first-order valence-corrected chi connectivity index (χ1v) is 8.10. The number of aliphatic hydroxyl groups excluding tert-OH is 1. The quantitative estimate of drug-likeness (QED) is 0.854. The largest absolute Gasteiger partial charge is 0.393 e. The van der Waals surface area contributed by atoms with Gasteiger partial charge in [0.1, 0.15) is 0 Å². The Morgan fingerprint density at radius 2 is 2.11 bits per heavy atom. The third kappa shape index (κ3) is 3.58. The lowest BCUT2D eigenvalue weighted by Crippen LogP contribution is -2.34.